The number of aromatic nitrogens is 2. The number of hydrogen-bond donors (Lipinski definition) is 2. The molecule has 2 atom stereocenters. The Labute approximate surface area is 116 Å². The van der Waals surface area contributed by atoms with E-state index in [4.69, 9.17) is 0 Å². The lowest BCUT2D eigenvalue weighted by molar-refractivity contribution is 0.0509. The molecule has 0 spiro atoms. The van der Waals surface area contributed by atoms with Crippen molar-refractivity contribution in [2.24, 2.45) is 13.0 Å². The lowest BCUT2D eigenvalue weighted by Gasteiger charge is -2.31. The van der Waals surface area contributed by atoms with Gasteiger partial charge in [0.1, 0.15) is 5.60 Å². The molecule has 1 aliphatic carbocycles. The van der Waals surface area contributed by atoms with Gasteiger partial charge in [-0.15, -0.1) is 0 Å². The van der Waals surface area contributed by atoms with Crippen molar-refractivity contribution < 1.29 is 5.11 Å². The maximum absolute atomic E-state index is 10.5. The van der Waals surface area contributed by atoms with Crippen molar-refractivity contribution in [3.05, 3.63) is 18.0 Å². The fraction of sp³-hybridized carbons (Fsp3) is 0.800. The van der Waals surface area contributed by atoms with E-state index in [2.05, 4.69) is 17.3 Å². The molecular formula is C15H27N3O. The van der Waals surface area contributed by atoms with E-state index in [1.54, 1.807) is 10.9 Å². The van der Waals surface area contributed by atoms with Gasteiger partial charge in [-0.25, -0.2) is 0 Å². The van der Waals surface area contributed by atoms with Gasteiger partial charge in [0.15, 0.2) is 0 Å². The number of hydrogen-bond acceptors (Lipinski definition) is 3. The van der Waals surface area contributed by atoms with Gasteiger partial charge in [0.2, 0.25) is 0 Å². The van der Waals surface area contributed by atoms with Crippen LogP contribution in [-0.4, -0.2) is 27.5 Å². The molecule has 108 valence electrons. The van der Waals surface area contributed by atoms with Crippen LogP contribution < -0.4 is 5.32 Å². The summed E-state index contributed by atoms with van der Waals surface area (Å²) in [7, 11) is 1.87. The van der Waals surface area contributed by atoms with Crippen molar-refractivity contribution >= 4 is 0 Å². The normalized spacial score (nSPS) is 22.1. The molecule has 0 bridgehead atoms. The van der Waals surface area contributed by atoms with Gasteiger partial charge in [-0.3, -0.25) is 4.68 Å². The third kappa shape index (κ3) is 3.80. The molecule has 1 saturated carbocycles. The van der Waals surface area contributed by atoms with Crippen molar-refractivity contribution in [1.29, 1.82) is 0 Å². The second-order valence-electron chi connectivity index (χ2n) is 6.24. The molecule has 0 saturated heterocycles. The first kappa shape index (κ1) is 14.5. The first-order chi connectivity index (χ1) is 8.99. The summed E-state index contributed by atoms with van der Waals surface area (Å²) < 4.78 is 1.73. The summed E-state index contributed by atoms with van der Waals surface area (Å²) in [4.78, 5) is 0. The number of rotatable bonds is 5. The lowest BCUT2D eigenvalue weighted by atomic mass is 9.84. The van der Waals surface area contributed by atoms with Gasteiger partial charge in [0, 0.05) is 31.4 Å². The maximum Gasteiger partial charge on any atom is 0.102 e. The predicted molar refractivity (Wildman–Crippen MR) is 76.8 cm³/mol. The summed E-state index contributed by atoms with van der Waals surface area (Å²) >= 11 is 0. The van der Waals surface area contributed by atoms with E-state index in [0.29, 0.717) is 12.6 Å². The van der Waals surface area contributed by atoms with Crippen LogP contribution in [0.4, 0.5) is 0 Å². The molecule has 2 rings (SSSR count). The van der Waals surface area contributed by atoms with Gasteiger partial charge >= 0.3 is 0 Å². The molecule has 1 fully saturated rings. The molecule has 0 aliphatic heterocycles. The minimum atomic E-state index is -0.850. The molecular weight excluding hydrogens is 238 g/mol. The summed E-state index contributed by atoms with van der Waals surface area (Å²) in [6, 6.07) is 0.475. The first-order valence-electron chi connectivity index (χ1n) is 7.44. The van der Waals surface area contributed by atoms with Crippen LogP contribution in [0, 0.1) is 5.92 Å². The van der Waals surface area contributed by atoms with Crippen LogP contribution in [-0.2, 0) is 12.6 Å². The fourth-order valence-electron chi connectivity index (χ4n) is 2.96. The zero-order chi connectivity index (χ0) is 13.9. The highest BCUT2D eigenvalue weighted by atomic mass is 16.3. The molecule has 2 unspecified atom stereocenters. The average molecular weight is 265 g/mol. The van der Waals surface area contributed by atoms with Crippen LogP contribution in [0.25, 0.3) is 0 Å². The SMILES string of the molecule is CC(NCC(C)(O)c1cnn(C)c1)C1CCCCC1. The number of nitrogens with one attached hydrogen (secondary N) is 1. The Balaban J connectivity index is 1.86. The molecule has 2 N–H and O–H groups in total. The second-order valence-corrected chi connectivity index (χ2v) is 6.24. The Kier molecular flexibility index (Phi) is 4.63. The van der Waals surface area contributed by atoms with Crippen LogP contribution in [0.1, 0.15) is 51.5 Å². The zero-order valence-electron chi connectivity index (χ0n) is 12.4. The van der Waals surface area contributed by atoms with Crippen LogP contribution in [0.3, 0.4) is 0 Å². The van der Waals surface area contributed by atoms with E-state index in [-0.39, 0.29) is 0 Å². The molecule has 4 nitrogen and oxygen atoms in total. The van der Waals surface area contributed by atoms with Gasteiger partial charge in [0.25, 0.3) is 0 Å². The van der Waals surface area contributed by atoms with Crippen LogP contribution in [0.15, 0.2) is 12.4 Å². The lowest BCUT2D eigenvalue weighted by Crippen LogP contribution is -2.43. The highest BCUT2D eigenvalue weighted by molar-refractivity contribution is 5.14. The third-order valence-electron chi connectivity index (χ3n) is 4.45. The van der Waals surface area contributed by atoms with Crippen molar-refractivity contribution in [3.63, 3.8) is 0 Å². The quantitative estimate of drug-likeness (QED) is 0.858. The van der Waals surface area contributed by atoms with Crippen LogP contribution in [0.5, 0.6) is 0 Å². The number of aryl methyl sites for hydroxylation is 1. The van der Waals surface area contributed by atoms with Gasteiger partial charge < -0.3 is 10.4 Å². The van der Waals surface area contributed by atoms with Crippen molar-refractivity contribution in [2.75, 3.05) is 6.54 Å². The van der Waals surface area contributed by atoms with Crippen molar-refractivity contribution in [1.82, 2.24) is 15.1 Å². The Morgan fingerprint density at radius 1 is 1.47 bits per heavy atom. The van der Waals surface area contributed by atoms with Gasteiger partial charge in [-0.05, 0) is 32.6 Å². The van der Waals surface area contributed by atoms with E-state index < -0.39 is 5.60 Å². The molecule has 1 heterocycles. The molecule has 19 heavy (non-hydrogen) atoms. The second kappa shape index (κ2) is 6.06. The highest BCUT2D eigenvalue weighted by Gasteiger charge is 2.27. The first-order valence-corrected chi connectivity index (χ1v) is 7.44. The zero-order valence-corrected chi connectivity index (χ0v) is 12.4. The highest BCUT2D eigenvalue weighted by Crippen LogP contribution is 2.27. The summed E-state index contributed by atoms with van der Waals surface area (Å²) in [5, 5.41) is 18.2. The Hall–Kier alpha value is -0.870. The number of nitrogens with zero attached hydrogens (tertiary/aromatic N) is 2. The summed E-state index contributed by atoms with van der Waals surface area (Å²) in [5.74, 6) is 0.762. The fourth-order valence-corrected chi connectivity index (χ4v) is 2.96. The van der Waals surface area contributed by atoms with Gasteiger partial charge in [-0.2, -0.15) is 5.10 Å². The summed E-state index contributed by atoms with van der Waals surface area (Å²) in [6.07, 6.45) is 10.4. The van der Waals surface area contributed by atoms with Crippen molar-refractivity contribution in [3.8, 4) is 0 Å². The Morgan fingerprint density at radius 3 is 2.74 bits per heavy atom. The molecule has 1 aromatic heterocycles. The smallest absolute Gasteiger partial charge is 0.102 e. The standard InChI is InChI=1S/C15H27N3O/c1-12(13-7-5-4-6-8-13)16-11-15(2,19)14-9-17-18(3)10-14/h9-10,12-13,16,19H,4-8,11H2,1-3H3. The molecule has 1 aromatic rings. The van der Waals surface area contributed by atoms with Gasteiger partial charge in [-0.1, -0.05) is 19.3 Å². The molecule has 0 amide bonds. The van der Waals surface area contributed by atoms with Crippen LogP contribution in [0.2, 0.25) is 0 Å². The monoisotopic (exact) mass is 265 g/mol. The maximum atomic E-state index is 10.5. The van der Waals surface area contributed by atoms with Gasteiger partial charge in [0.05, 0.1) is 6.20 Å². The Morgan fingerprint density at radius 2 is 2.16 bits per heavy atom. The largest absolute Gasteiger partial charge is 0.384 e. The van der Waals surface area contributed by atoms with E-state index in [1.165, 1.54) is 32.1 Å². The predicted octanol–water partition coefficient (Wildman–Crippen LogP) is 2.19. The van der Waals surface area contributed by atoms with Crippen LogP contribution >= 0.6 is 0 Å². The molecule has 4 heteroatoms. The molecule has 0 radical (unpaired) electrons. The van der Waals surface area contributed by atoms with E-state index in [9.17, 15) is 5.11 Å². The number of aliphatic hydroxyl groups is 1. The van der Waals surface area contributed by atoms with E-state index in [0.717, 1.165) is 11.5 Å². The minimum Gasteiger partial charge on any atom is -0.384 e. The third-order valence-corrected chi connectivity index (χ3v) is 4.45. The summed E-state index contributed by atoms with van der Waals surface area (Å²) in [5.41, 5.74) is 0.0235. The van der Waals surface area contributed by atoms with E-state index in [1.807, 2.05) is 20.2 Å². The topological polar surface area (TPSA) is 50.1 Å². The van der Waals surface area contributed by atoms with Crippen molar-refractivity contribution in [2.45, 2.75) is 57.6 Å². The summed E-state index contributed by atoms with van der Waals surface area (Å²) in [6.45, 7) is 4.68. The average Bonchev–Trinajstić information content (AvgIpc) is 2.85. The minimum absolute atomic E-state index is 0.475. The molecule has 0 aromatic carbocycles. The van der Waals surface area contributed by atoms with E-state index >= 15 is 0 Å². The Bertz CT molecular complexity index is 394. The molecule has 1 aliphatic rings.